The highest BCUT2D eigenvalue weighted by Crippen LogP contribution is 2.32. The predicted molar refractivity (Wildman–Crippen MR) is 108 cm³/mol. The molecule has 1 aliphatic heterocycles. The van der Waals surface area contributed by atoms with Gasteiger partial charge < -0.3 is 14.6 Å². The van der Waals surface area contributed by atoms with Crippen LogP contribution in [-0.2, 0) is 11.4 Å². The maximum atomic E-state index is 11.3. The smallest absolute Gasteiger partial charge is 0.304 e. The number of hydrogen-bond donors (Lipinski definition) is 1. The van der Waals surface area contributed by atoms with Gasteiger partial charge >= 0.3 is 5.97 Å². The van der Waals surface area contributed by atoms with Gasteiger partial charge in [-0.25, -0.2) is 0 Å². The first-order chi connectivity index (χ1) is 14.1. The fourth-order valence-corrected chi connectivity index (χ4v) is 3.99. The van der Waals surface area contributed by atoms with Crippen LogP contribution >= 0.6 is 11.8 Å². The highest BCUT2D eigenvalue weighted by molar-refractivity contribution is 8.00. The number of methoxy groups -OCH3 is 1. The average Bonchev–Trinajstić information content (AvgIpc) is 3.14. The number of nitrogens with zero attached hydrogens (tertiary/aromatic N) is 4. The van der Waals surface area contributed by atoms with E-state index >= 15 is 0 Å². The number of aromatic nitrogens is 3. The van der Waals surface area contributed by atoms with Crippen molar-refractivity contribution < 1.29 is 19.4 Å². The predicted octanol–water partition coefficient (Wildman–Crippen LogP) is 3.07. The molecule has 0 unspecified atom stereocenters. The van der Waals surface area contributed by atoms with Gasteiger partial charge in [-0.05, 0) is 29.8 Å². The van der Waals surface area contributed by atoms with E-state index in [9.17, 15) is 9.90 Å². The van der Waals surface area contributed by atoms with E-state index in [1.54, 1.807) is 11.8 Å². The fourth-order valence-electron chi connectivity index (χ4n) is 2.88. The second-order valence-electron chi connectivity index (χ2n) is 6.23. The Morgan fingerprint density at radius 2 is 1.83 bits per heavy atom. The second-order valence-corrected chi connectivity index (χ2v) is 7.40. The zero-order valence-electron chi connectivity index (χ0n) is 15.6. The van der Waals surface area contributed by atoms with Crippen LogP contribution in [0.2, 0.25) is 0 Å². The molecule has 0 aliphatic carbocycles. The Morgan fingerprint density at radius 3 is 2.52 bits per heavy atom. The third kappa shape index (κ3) is 4.24. The Kier molecular flexibility index (Phi) is 5.48. The minimum atomic E-state index is -0.887. The van der Waals surface area contributed by atoms with Crippen LogP contribution in [0.5, 0.6) is 11.5 Å². The van der Waals surface area contributed by atoms with E-state index in [-0.39, 0.29) is 18.3 Å². The van der Waals surface area contributed by atoms with Crippen LogP contribution < -0.4 is 9.47 Å². The number of ether oxygens (including phenoxy) is 2. The molecular weight excluding hydrogens is 392 g/mol. The van der Waals surface area contributed by atoms with Crippen molar-refractivity contribution in [3.05, 3.63) is 66.0 Å². The molecule has 4 rings (SSSR count). The molecule has 2 heterocycles. The van der Waals surface area contributed by atoms with Crippen molar-refractivity contribution >= 4 is 23.4 Å². The van der Waals surface area contributed by atoms with Crippen molar-refractivity contribution in [1.29, 1.82) is 0 Å². The molecular formula is C20H18N4O4S. The van der Waals surface area contributed by atoms with Crippen molar-refractivity contribution in [2.75, 3.05) is 7.11 Å². The summed E-state index contributed by atoms with van der Waals surface area (Å²) in [6.07, 6.45) is -0.0526. The van der Waals surface area contributed by atoms with Crippen LogP contribution in [0.4, 0.5) is 0 Å². The lowest BCUT2D eigenvalue weighted by atomic mass is 10.1. The third-order valence-corrected chi connectivity index (χ3v) is 5.43. The van der Waals surface area contributed by atoms with E-state index < -0.39 is 5.97 Å². The average molecular weight is 410 g/mol. The molecule has 0 bridgehead atoms. The van der Waals surface area contributed by atoms with E-state index in [1.165, 1.54) is 11.8 Å². The summed E-state index contributed by atoms with van der Waals surface area (Å²) in [6.45, 7) is 0.176. The standard InChI is InChI=1S/C20H18N4O4S/c1-27-14-7-9-15(10-8-14)28-12-17-21-22-20-24(17)23-19(13-5-3-2-4-6-13)16(29-20)11-18(25)26/h2-10,16H,11-12H2,1H3,(H,25,26)/t16-/m1/s1. The normalized spacial score (nSPS) is 15.3. The number of fused-ring (bicyclic) bond motifs is 1. The molecule has 0 saturated carbocycles. The van der Waals surface area contributed by atoms with Gasteiger partial charge in [-0.2, -0.15) is 9.78 Å². The first-order valence-electron chi connectivity index (χ1n) is 8.88. The molecule has 0 saturated heterocycles. The minimum Gasteiger partial charge on any atom is -0.497 e. The van der Waals surface area contributed by atoms with Gasteiger partial charge in [-0.3, -0.25) is 4.79 Å². The molecule has 29 heavy (non-hydrogen) atoms. The third-order valence-electron chi connectivity index (χ3n) is 4.29. The van der Waals surface area contributed by atoms with Crippen molar-refractivity contribution in [3.8, 4) is 11.5 Å². The molecule has 1 aliphatic rings. The highest BCUT2D eigenvalue weighted by atomic mass is 32.2. The van der Waals surface area contributed by atoms with Gasteiger partial charge in [0.15, 0.2) is 5.82 Å². The summed E-state index contributed by atoms with van der Waals surface area (Å²) in [5.41, 5.74) is 1.55. The number of hydrogen-bond acceptors (Lipinski definition) is 7. The van der Waals surface area contributed by atoms with E-state index in [0.29, 0.717) is 22.4 Å². The lowest BCUT2D eigenvalue weighted by Gasteiger charge is -2.22. The van der Waals surface area contributed by atoms with Gasteiger partial charge in [0.2, 0.25) is 5.16 Å². The molecule has 0 radical (unpaired) electrons. The number of carboxylic acid groups (broad SMARTS) is 1. The Labute approximate surface area is 171 Å². The Morgan fingerprint density at radius 1 is 1.10 bits per heavy atom. The van der Waals surface area contributed by atoms with Crippen molar-refractivity contribution in [2.24, 2.45) is 5.10 Å². The van der Waals surface area contributed by atoms with Crippen molar-refractivity contribution in [1.82, 2.24) is 14.9 Å². The number of carbonyl (C=O) groups is 1. The SMILES string of the molecule is COc1ccc(OCc2nnc3n2N=C(c2ccccc2)[C@@H](CC(=O)O)S3)cc1. The summed E-state index contributed by atoms with van der Waals surface area (Å²) >= 11 is 1.34. The van der Waals surface area contributed by atoms with Gasteiger partial charge in [0, 0.05) is 0 Å². The van der Waals surface area contributed by atoms with Crippen molar-refractivity contribution in [2.45, 2.75) is 23.4 Å². The van der Waals surface area contributed by atoms with Crippen LogP contribution in [0, 0.1) is 0 Å². The topological polar surface area (TPSA) is 98.8 Å². The molecule has 8 nitrogen and oxygen atoms in total. The van der Waals surface area contributed by atoms with Gasteiger partial charge in [0.25, 0.3) is 0 Å². The molecule has 148 valence electrons. The van der Waals surface area contributed by atoms with Crippen LogP contribution in [0.15, 0.2) is 64.9 Å². The highest BCUT2D eigenvalue weighted by Gasteiger charge is 2.30. The number of thioether (sulfide) groups is 1. The molecule has 0 spiro atoms. The second kappa shape index (κ2) is 8.36. The molecule has 2 aromatic carbocycles. The number of benzene rings is 2. The zero-order valence-corrected chi connectivity index (χ0v) is 16.4. The quantitative estimate of drug-likeness (QED) is 0.639. The summed E-state index contributed by atoms with van der Waals surface area (Å²) in [5.74, 6) is 1.06. The van der Waals surface area contributed by atoms with E-state index in [0.717, 1.165) is 11.3 Å². The first kappa shape index (κ1) is 19.0. The van der Waals surface area contributed by atoms with Gasteiger partial charge in [0.05, 0.1) is 24.5 Å². The minimum absolute atomic E-state index is 0.0526. The molecule has 9 heteroatoms. The lowest BCUT2D eigenvalue weighted by Crippen LogP contribution is -2.27. The van der Waals surface area contributed by atoms with Crippen LogP contribution in [0.25, 0.3) is 0 Å². The number of carboxylic acids is 1. The van der Waals surface area contributed by atoms with E-state index in [4.69, 9.17) is 9.47 Å². The Hall–Kier alpha value is -3.33. The molecule has 0 fully saturated rings. The molecule has 1 atom stereocenters. The summed E-state index contributed by atoms with van der Waals surface area (Å²) in [6, 6.07) is 16.8. The molecule has 1 N–H and O–H groups in total. The Bertz CT molecular complexity index is 1030. The van der Waals surface area contributed by atoms with Gasteiger partial charge in [-0.15, -0.1) is 10.2 Å². The summed E-state index contributed by atoms with van der Waals surface area (Å²) in [5, 5.41) is 22.5. The monoisotopic (exact) mass is 410 g/mol. The maximum absolute atomic E-state index is 11.3. The van der Waals surface area contributed by atoms with Crippen molar-refractivity contribution in [3.63, 3.8) is 0 Å². The maximum Gasteiger partial charge on any atom is 0.304 e. The molecule has 3 aromatic rings. The van der Waals surface area contributed by atoms with E-state index in [2.05, 4.69) is 15.3 Å². The van der Waals surface area contributed by atoms with E-state index in [1.807, 2.05) is 54.6 Å². The first-order valence-corrected chi connectivity index (χ1v) is 9.76. The van der Waals surface area contributed by atoms with Crippen LogP contribution in [0.1, 0.15) is 17.8 Å². The summed E-state index contributed by atoms with van der Waals surface area (Å²) < 4.78 is 12.6. The van der Waals surface area contributed by atoms with Gasteiger partial charge in [0.1, 0.15) is 18.1 Å². The van der Waals surface area contributed by atoms with Crippen LogP contribution in [0.3, 0.4) is 0 Å². The Balaban J connectivity index is 1.60. The fraction of sp³-hybridized carbons (Fsp3) is 0.200. The molecule has 0 amide bonds. The number of aliphatic carboxylic acids is 1. The summed E-state index contributed by atoms with van der Waals surface area (Å²) in [7, 11) is 1.61. The lowest BCUT2D eigenvalue weighted by molar-refractivity contribution is -0.136. The zero-order chi connectivity index (χ0) is 20.2. The van der Waals surface area contributed by atoms with Crippen LogP contribution in [-0.4, -0.2) is 44.0 Å². The number of rotatable bonds is 7. The largest absolute Gasteiger partial charge is 0.497 e. The summed E-state index contributed by atoms with van der Waals surface area (Å²) in [4.78, 5) is 11.3. The molecule has 1 aromatic heterocycles. The van der Waals surface area contributed by atoms with Gasteiger partial charge in [-0.1, -0.05) is 42.1 Å².